The Labute approximate surface area is 167 Å². The van der Waals surface area contributed by atoms with E-state index in [4.69, 9.17) is 9.15 Å². The number of rotatable bonds is 5. The number of amides is 1. The van der Waals surface area contributed by atoms with Crippen molar-refractivity contribution < 1.29 is 18.7 Å². The van der Waals surface area contributed by atoms with Gasteiger partial charge in [0, 0.05) is 24.5 Å². The SMILES string of the molecule is O=C(OCC(=O)N1CCCc2ccccc21)c1ccc(Cn2ccccc2=O)o1. The number of pyridine rings is 1. The van der Waals surface area contributed by atoms with E-state index in [2.05, 4.69) is 0 Å². The quantitative estimate of drug-likeness (QED) is 0.624. The molecular formula is C22H20N2O5. The van der Waals surface area contributed by atoms with Crippen molar-refractivity contribution in [3.8, 4) is 0 Å². The van der Waals surface area contributed by atoms with Crippen LogP contribution in [0, 0.1) is 0 Å². The van der Waals surface area contributed by atoms with Gasteiger partial charge in [0.15, 0.2) is 6.61 Å². The number of ether oxygens (including phenoxy) is 1. The molecular weight excluding hydrogens is 372 g/mol. The molecule has 1 aliphatic heterocycles. The highest BCUT2D eigenvalue weighted by Crippen LogP contribution is 2.26. The van der Waals surface area contributed by atoms with Crippen LogP contribution in [0.2, 0.25) is 0 Å². The van der Waals surface area contributed by atoms with Crippen molar-refractivity contribution in [2.24, 2.45) is 0 Å². The van der Waals surface area contributed by atoms with Crippen molar-refractivity contribution >= 4 is 17.6 Å². The van der Waals surface area contributed by atoms with E-state index in [1.807, 2.05) is 24.3 Å². The Kier molecular flexibility index (Phi) is 5.29. The first-order valence-corrected chi connectivity index (χ1v) is 9.41. The molecule has 3 heterocycles. The van der Waals surface area contributed by atoms with Gasteiger partial charge in [-0.2, -0.15) is 0 Å². The van der Waals surface area contributed by atoms with Gasteiger partial charge >= 0.3 is 5.97 Å². The number of fused-ring (bicyclic) bond motifs is 1. The molecule has 7 nitrogen and oxygen atoms in total. The average molecular weight is 392 g/mol. The minimum Gasteiger partial charge on any atom is -0.452 e. The average Bonchev–Trinajstić information content (AvgIpc) is 3.22. The van der Waals surface area contributed by atoms with Crippen molar-refractivity contribution in [3.63, 3.8) is 0 Å². The number of hydrogen-bond acceptors (Lipinski definition) is 5. The number of hydrogen-bond donors (Lipinski definition) is 0. The summed E-state index contributed by atoms with van der Waals surface area (Å²) < 4.78 is 12.1. The van der Waals surface area contributed by atoms with Crippen LogP contribution in [0.4, 0.5) is 5.69 Å². The molecule has 0 radical (unpaired) electrons. The number of aromatic nitrogens is 1. The molecule has 1 amide bonds. The van der Waals surface area contributed by atoms with Crippen LogP contribution in [0.3, 0.4) is 0 Å². The zero-order chi connectivity index (χ0) is 20.2. The second-order valence-corrected chi connectivity index (χ2v) is 6.79. The normalized spacial score (nSPS) is 13.0. The topological polar surface area (TPSA) is 81.8 Å². The molecule has 7 heteroatoms. The zero-order valence-electron chi connectivity index (χ0n) is 15.7. The van der Waals surface area contributed by atoms with E-state index < -0.39 is 5.97 Å². The van der Waals surface area contributed by atoms with Crippen LogP contribution in [0.15, 0.2) is 70.0 Å². The first-order valence-electron chi connectivity index (χ1n) is 9.41. The van der Waals surface area contributed by atoms with Crippen molar-refractivity contribution in [1.29, 1.82) is 0 Å². The molecule has 0 saturated carbocycles. The number of furan rings is 1. The van der Waals surface area contributed by atoms with Crippen LogP contribution in [0.5, 0.6) is 0 Å². The summed E-state index contributed by atoms with van der Waals surface area (Å²) in [6, 6.07) is 15.7. The second kappa shape index (κ2) is 8.18. The fourth-order valence-corrected chi connectivity index (χ4v) is 3.40. The number of benzene rings is 1. The van der Waals surface area contributed by atoms with Gasteiger partial charge in [-0.25, -0.2) is 4.79 Å². The highest BCUT2D eigenvalue weighted by Gasteiger charge is 2.24. The minimum absolute atomic E-state index is 0.00387. The van der Waals surface area contributed by atoms with E-state index >= 15 is 0 Å². The van der Waals surface area contributed by atoms with Crippen LogP contribution in [0.1, 0.15) is 28.3 Å². The molecule has 3 aromatic rings. The summed E-state index contributed by atoms with van der Waals surface area (Å²) in [5.74, 6) is -0.541. The molecule has 4 rings (SSSR count). The third kappa shape index (κ3) is 4.13. The molecule has 0 aliphatic carbocycles. The van der Waals surface area contributed by atoms with Gasteiger partial charge in [-0.3, -0.25) is 9.59 Å². The summed E-state index contributed by atoms with van der Waals surface area (Å²) in [5, 5.41) is 0. The lowest BCUT2D eigenvalue weighted by Crippen LogP contribution is -2.38. The summed E-state index contributed by atoms with van der Waals surface area (Å²) in [4.78, 5) is 38.2. The largest absolute Gasteiger partial charge is 0.452 e. The van der Waals surface area contributed by atoms with Gasteiger partial charge in [-0.15, -0.1) is 0 Å². The van der Waals surface area contributed by atoms with Gasteiger partial charge in [0.1, 0.15) is 5.76 Å². The molecule has 29 heavy (non-hydrogen) atoms. The maximum atomic E-state index is 12.6. The van der Waals surface area contributed by atoms with E-state index in [0.29, 0.717) is 12.3 Å². The summed E-state index contributed by atoms with van der Waals surface area (Å²) in [6.07, 6.45) is 3.44. The summed E-state index contributed by atoms with van der Waals surface area (Å²) in [6.45, 7) is 0.446. The Morgan fingerprint density at radius 2 is 1.86 bits per heavy atom. The molecule has 2 aromatic heterocycles. The van der Waals surface area contributed by atoms with E-state index in [9.17, 15) is 14.4 Å². The molecule has 0 saturated heterocycles. The molecule has 148 valence electrons. The maximum Gasteiger partial charge on any atom is 0.374 e. The van der Waals surface area contributed by atoms with Crippen molar-refractivity contribution in [3.05, 3.63) is 88.2 Å². The highest BCUT2D eigenvalue weighted by atomic mass is 16.5. The number of anilines is 1. The number of carbonyl (C=O) groups excluding carboxylic acids is 2. The van der Waals surface area contributed by atoms with Crippen LogP contribution < -0.4 is 10.5 Å². The Balaban J connectivity index is 1.37. The standard InChI is InChI=1S/C22H20N2O5/c25-20-9-3-4-12-23(20)14-17-10-11-19(29-17)22(27)28-15-21(26)24-13-5-7-16-6-1-2-8-18(16)24/h1-4,6,8-12H,5,7,13-15H2. The van der Waals surface area contributed by atoms with Gasteiger partial charge in [-0.1, -0.05) is 24.3 Å². The van der Waals surface area contributed by atoms with Gasteiger partial charge in [0.2, 0.25) is 5.76 Å². The van der Waals surface area contributed by atoms with Crippen molar-refractivity contribution in [2.45, 2.75) is 19.4 Å². The summed E-state index contributed by atoms with van der Waals surface area (Å²) in [7, 11) is 0. The van der Waals surface area contributed by atoms with E-state index in [0.717, 1.165) is 24.1 Å². The van der Waals surface area contributed by atoms with E-state index in [-0.39, 0.29) is 30.4 Å². The van der Waals surface area contributed by atoms with Crippen LogP contribution in [-0.4, -0.2) is 29.6 Å². The molecule has 0 unspecified atom stereocenters. The molecule has 0 atom stereocenters. The predicted molar refractivity (Wildman–Crippen MR) is 106 cm³/mol. The third-order valence-corrected chi connectivity index (χ3v) is 4.83. The van der Waals surface area contributed by atoms with Crippen LogP contribution in [-0.2, 0) is 22.5 Å². The number of carbonyl (C=O) groups is 2. The first kappa shape index (κ1) is 18.7. The van der Waals surface area contributed by atoms with E-state index in [1.165, 1.54) is 16.7 Å². The Hall–Kier alpha value is -3.61. The fraction of sp³-hybridized carbons (Fsp3) is 0.227. The second-order valence-electron chi connectivity index (χ2n) is 6.79. The molecule has 0 spiro atoms. The Morgan fingerprint density at radius 1 is 1.03 bits per heavy atom. The summed E-state index contributed by atoms with van der Waals surface area (Å²) >= 11 is 0. The smallest absolute Gasteiger partial charge is 0.374 e. The van der Waals surface area contributed by atoms with E-state index in [1.54, 1.807) is 29.3 Å². The first-order chi connectivity index (χ1) is 14.1. The minimum atomic E-state index is -0.713. The number of nitrogens with zero attached hydrogens (tertiary/aromatic N) is 2. The Bertz CT molecular complexity index is 1100. The monoisotopic (exact) mass is 392 g/mol. The molecule has 1 aliphatic rings. The summed E-state index contributed by atoms with van der Waals surface area (Å²) in [5.41, 5.74) is 1.82. The van der Waals surface area contributed by atoms with Crippen LogP contribution in [0.25, 0.3) is 0 Å². The van der Waals surface area contributed by atoms with Gasteiger partial charge < -0.3 is 18.6 Å². The van der Waals surface area contributed by atoms with Gasteiger partial charge in [-0.05, 0) is 42.7 Å². The number of para-hydroxylation sites is 1. The predicted octanol–water partition coefficient (Wildman–Crippen LogP) is 2.63. The fourth-order valence-electron chi connectivity index (χ4n) is 3.40. The number of esters is 1. The highest BCUT2D eigenvalue weighted by molar-refractivity contribution is 5.97. The third-order valence-electron chi connectivity index (χ3n) is 4.83. The molecule has 0 fully saturated rings. The lowest BCUT2D eigenvalue weighted by Gasteiger charge is -2.29. The van der Waals surface area contributed by atoms with Crippen LogP contribution >= 0.6 is 0 Å². The lowest BCUT2D eigenvalue weighted by atomic mass is 10.0. The van der Waals surface area contributed by atoms with Gasteiger partial charge in [0.05, 0.1) is 6.54 Å². The zero-order valence-corrected chi connectivity index (χ0v) is 15.7. The van der Waals surface area contributed by atoms with Crippen molar-refractivity contribution in [2.75, 3.05) is 18.1 Å². The van der Waals surface area contributed by atoms with Crippen molar-refractivity contribution in [1.82, 2.24) is 4.57 Å². The molecule has 0 N–H and O–H groups in total. The lowest BCUT2D eigenvalue weighted by molar-refractivity contribution is -0.121. The Morgan fingerprint density at radius 3 is 2.72 bits per heavy atom. The molecule has 1 aromatic carbocycles. The maximum absolute atomic E-state index is 12.6. The molecule has 0 bridgehead atoms. The van der Waals surface area contributed by atoms with Gasteiger partial charge in [0.25, 0.3) is 11.5 Å². The number of aryl methyl sites for hydroxylation is 1.